The summed E-state index contributed by atoms with van der Waals surface area (Å²) in [7, 11) is 0. The van der Waals surface area contributed by atoms with Gasteiger partial charge in [-0.25, -0.2) is 4.98 Å². The molecule has 0 fully saturated rings. The second-order valence-electron chi connectivity index (χ2n) is 2.96. The first-order chi connectivity index (χ1) is 6.86. The molecular weight excluding hydrogens is 229 g/mol. The molecule has 3 nitrogen and oxygen atoms in total. The molecule has 1 rings (SSSR count). The summed E-state index contributed by atoms with van der Waals surface area (Å²) in [5, 5.41) is 1.05. The fraction of sp³-hybridized carbons (Fsp3) is 0.500. The van der Waals surface area contributed by atoms with Crippen LogP contribution in [0.5, 0.6) is 0 Å². The number of thiazole rings is 1. The Kier molecular flexibility index (Phi) is 3.46. The van der Waals surface area contributed by atoms with Crippen molar-refractivity contribution in [3.63, 3.8) is 0 Å². The first kappa shape index (κ1) is 12.1. The van der Waals surface area contributed by atoms with Gasteiger partial charge in [-0.15, -0.1) is 11.3 Å². The van der Waals surface area contributed by atoms with Gasteiger partial charge in [-0.3, -0.25) is 4.79 Å². The van der Waals surface area contributed by atoms with Gasteiger partial charge < -0.3 is 5.73 Å². The van der Waals surface area contributed by atoms with Crippen LogP contribution >= 0.6 is 11.3 Å². The minimum absolute atomic E-state index is 0.151. The maximum atomic E-state index is 12.2. The van der Waals surface area contributed by atoms with Crippen molar-refractivity contribution >= 4 is 17.1 Å². The van der Waals surface area contributed by atoms with E-state index in [0.717, 1.165) is 16.7 Å². The molecule has 0 bridgehead atoms. The predicted octanol–water partition coefficient (Wildman–Crippen LogP) is 1.79. The van der Waals surface area contributed by atoms with Gasteiger partial charge in [0.1, 0.15) is 5.01 Å². The largest absolute Gasteiger partial charge is 0.434 e. The Bertz CT molecular complexity index is 361. The van der Waals surface area contributed by atoms with Crippen LogP contribution in [0.2, 0.25) is 0 Å². The number of Topliss-reactive ketones (excluding diaryl/α,β-unsaturated/α-hetero) is 1. The summed E-state index contributed by atoms with van der Waals surface area (Å²) in [5.74, 6) is -0.992. The van der Waals surface area contributed by atoms with E-state index in [2.05, 4.69) is 4.98 Å². The highest BCUT2D eigenvalue weighted by Crippen LogP contribution is 2.32. The molecule has 1 aromatic rings. The molecule has 0 aromatic carbocycles. The van der Waals surface area contributed by atoms with Crippen LogP contribution in [-0.2, 0) is 11.0 Å². The minimum Gasteiger partial charge on any atom is -0.324 e. The van der Waals surface area contributed by atoms with E-state index in [-0.39, 0.29) is 17.3 Å². The Morgan fingerprint density at radius 1 is 1.67 bits per heavy atom. The van der Waals surface area contributed by atoms with E-state index in [9.17, 15) is 18.0 Å². The summed E-state index contributed by atoms with van der Waals surface area (Å²) in [4.78, 5) is 14.5. The minimum atomic E-state index is -4.46. The summed E-state index contributed by atoms with van der Waals surface area (Å²) in [5.41, 5.74) is 4.15. The molecule has 7 heteroatoms. The van der Waals surface area contributed by atoms with Crippen LogP contribution in [0.3, 0.4) is 0 Å². The smallest absolute Gasteiger partial charge is 0.324 e. The van der Waals surface area contributed by atoms with Gasteiger partial charge in [-0.1, -0.05) is 0 Å². The number of ketones is 1. The third-order valence-electron chi connectivity index (χ3n) is 1.87. The van der Waals surface area contributed by atoms with Crippen LogP contribution in [0.4, 0.5) is 13.2 Å². The van der Waals surface area contributed by atoms with Crippen molar-refractivity contribution in [2.75, 3.05) is 6.54 Å². The molecule has 0 aliphatic heterocycles. The van der Waals surface area contributed by atoms with Gasteiger partial charge in [-0.2, -0.15) is 13.2 Å². The number of nitrogens with two attached hydrogens (primary N) is 1. The van der Waals surface area contributed by atoms with E-state index in [4.69, 9.17) is 5.73 Å². The Morgan fingerprint density at radius 3 is 2.67 bits per heavy atom. The number of hydrogen-bond acceptors (Lipinski definition) is 4. The molecule has 2 N–H and O–H groups in total. The van der Waals surface area contributed by atoms with Gasteiger partial charge in [0.2, 0.25) is 0 Å². The average molecular weight is 238 g/mol. The van der Waals surface area contributed by atoms with E-state index in [0.29, 0.717) is 0 Å². The Hall–Kier alpha value is -0.950. The van der Waals surface area contributed by atoms with E-state index in [1.165, 1.54) is 6.92 Å². The van der Waals surface area contributed by atoms with Crippen LogP contribution < -0.4 is 5.73 Å². The number of hydrogen-bond donors (Lipinski definition) is 1. The fourth-order valence-corrected chi connectivity index (χ4v) is 1.84. The number of halogens is 3. The quantitative estimate of drug-likeness (QED) is 0.873. The van der Waals surface area contributed by atoms with Crippen LogP contribution in [0.25, 0.3) is 0 Å². The average Bonchev–Trinajstić information content (AvgIpc) is 2.63. The number of alkyl halides is 3. The number of carbonyl (C=O) groups is 1. The van der Waals surface area contributed by atoms with Gasteiger partial charge >= 0.3 is 6.18 Å². The monoisotopic (exact) mass is 238 g/mol. The zero-order chi connectivity index (χ0) is 11.6. The van der Waals surface area contributed by atoms with Crippen molar-refractivity contribution < 1.29 is 18.0 Å². The lowest BCUT2D eigenvalue weighted by Crippen LogP contribution is -2.19. The molecule has 0 aliphatic rings. The van der Waals surface area contributed by atoms with Crippen molar-refractivity contribution in [2.45, 2.75) is 19.0 Å². The van der Waals surface area contributed by atoms with Crippen molar-refractivity contribution in [1.82, 2.24) is 4.98 Å². The highest BCUT2D eigenvalue weighted by Gasteiger charge is 2.34. The normalized spacial score (nSPS) is 13.9. The third-order valence-corrected chi connectivity index (χ3v) is 2.89. The first-order valence-corrected chi connectivity index (χ1v) is 4.99. The van der Waals surface area contributed by atoms with Gasteiger partial charge in [0.15, 0.2) is 11.5 Å². The fourth-order valence-electron chi connectivity index (χ4n) is 0.931. The van der Waals surface area contributed by atoms with E-state index in [1.54, 1.807) is 0 Å². The van der Waals surface area contributed by atoms with Gasteiger partial charge in [0.25, 0.3) is 0 Å². The summed E-state index contributed by atoms with van der Waals surface area (Å²) >= 11 is 0.821. The van der Waals surface area contributed by atoms with Crippen LogP contribution in [-0.4, -0.2) is 17.3 Å². The van der Waals surface area contributed by atoms with Crippen molar-refractivity contribution in [1.29, 1.82) is 0 Å². The molecule has 0 saturated carbocycles. The molecule has 1 heterocycles. The lowest BCUT2D eigenvalue weighted by molar-refractivity contribution is -0.141. The molecule has 0 saturated heterocycles. The van der Waals surface area contributed by atoms with E-state index >= 15 is 0 Å². The summed E-state index contributed by atoms with van der Waals surface area (Å²) in [6, 6.07) is 0. The second-order valence-corrected chi connectivity index (χ2v) is 3.85. The summed E-state index contributed by atoms with van der Waals surface area (Å²) in [6.45, 7) is 1.30. The molecule has 15 heavy (non-hydrogen) atoms. The SMILES string of the molecule is CC(C(=O)CN)c1nc(C(F)(F)F)cs1. The maximum Gasteiger partial charge on any atom is 0.434 e. The number of carbonyl (C=O) groups excluding carboxylic acids is 1. The third kappa shape index (κ3) is 2.75. The molecule has 1 aromatic heterocycles. The highest BCUT2D eigenvalue weighted by molar-refractivity contribution is 7.09. The molecule has 1 atom stereocenters. The molecule has 84 valence electrons. The molecule has 0 radical (unpaired) electrons. The molecule has 0 amide bonds. The standard InChI is InChI=1S/C8H9F3N2OS/c1-4(5(14)2-12)7-13-6(3-15-7)8(9,10)11/h3-4H,2,12H2,1H3. The van der Waals surface area contributed by atoms with Crippen LogP contribution in [0.15, 0.2) is 5.38 Å². The Labute approximate surface area is 88.1 Å². The van der Waals surface area contributed by atoms with Gasteiger partial charge in [-0.05, 0) is 6.92 Å². The van der Waals surface area contributed by atoms with Gasteiger partial charge in [0.05, 0.1) is 12.5 Å². The maximum absolute atomic E-state index is 12.2. The lowest BCUT2D eigenvalue weighted by atomic mass is 10.1. The van der Waals surface area contributed by atoms with Crippen LogP contribution in [0, 0.1) is 0 Å². The number of aromatic nitrogens is 1. The predicted molar refractivity (Wildman–Crippen MR) is 49.6 cm³/mol. The number of nitrogens with zero attached hydrogens (tertiary/aromatic N) is 1. The Morgan fingerprint density at radius 2 is 2.27 bits per heavy atom. The zero-order valence-electron chi connectivity index (χ0n) is 7.84. The molecule has 0 aliphatic carbocycles. The molecule has 0 spiro atoms. The van der Waals surface area contributed by atoms with Crippen molar-refractivity contribution in [3.05, 3.63) is 16.1 Å². The summed E-state index contributed by atoms with van der Waals surface area (Å²) in [6.07, 6.45) is -4.46. The van der Waals surface area contributed by atoms with Crippen LogP contribution in [0.1, 0.15) is 23.5 Å². The molecule has 1 unspecified atom stereocenters. The topological polar surface area (TPSA) is 56.0 Å². The van der Waals surface area contributed by atoms with Gasteiger partial charge in [0, 0.05) is 5.38 Å². The molecular formula is C8H9F3N2OS. The van der Waals surface area contributed by atoms with E-state index in [1.807, 2.05) is 0 Å². The number of rotatable bonds is 3. The lowest BCUT2D eigenvalue weighted by Gasteiger charge is -2.04. The van der Waals surface area contributed by atoms with Crippen molar-refractivity contribution in [2.24, 2.45) is 5.73 Å². The van der Waals surface area contributed by atoms with Crippen molar-refractivity contribution in [3.8, 4) is 0 Å². The second kappa shape index (κ2) is 4.28. The zero-order valence-corrected chi connectivity index (χ0v) is 8.65. The summed E-state index contributed by atoms with van der Waals surface area (Å²) < 4.78 is 36.5. The first-order valence-electron chi connectivity index (χ1n) is 4.11. The highest BCUT2D eigenvalue weighted by atomic mass is 32.1. The van der Waals surface area contributed by atoms with E-state index < -0.39 is 17.8 Å². The Balaban J connectivity index is 2.89.